The molecule has 0 aromatic carbocycles. The van der Waals surface area contributed by atoms with Gasteiger partial charge in [0.15, 0.2) is 0 Å². The van der Waals surface area contributed by atoms with E-state index >= 15 is 0 Å². The number of aliphatic hydroxyl groups excluding tert-OH is 1. The molecule has 0 radical (unpaired) electrons. The van der Waals surface area contributed by atoms with Gasteiger partial charge >= 0.3 is 0 Å². The molecule has 0 bridgehead atoms. The maximum atomic E-state index is 12.9. The Hall–Kier alpha value is -0.890. The number of ketones is 1. The number of rotatable bonds is 0. The Morgan fingerprint density at radius 1 is 0.468 bits per heavy atom. The molecule has 10 rings (SSSR count). The first kappa shape index (κ1) is 46.2. The van der Waals surface area contributed by atoms with Gasteiger partial charge in [0.1, 0.15) is 5.78 Å². The van der Waals surface area contributed by atoms with E-state index < -0.39 is 0 Å². The lowest BCUT2D eigenvalue weighted by molar-refractivity contribution is -0.202. The molecule has 2 nitrogen and oxygen atoms in total. The van der Waals surface area contributed by atoms with Crippen LogP contribution in [-0.2, 0) is 4.79 Å². The highest BCUT2D eigenvalue weighted by atomic mass is 16.3. The molecule has 0 aliphatic heterocycles. The Morgan fingerprint density at radius 3 is 1.35 bits per heavy atom. The van der Waals surface area contributed by atoms with E-state index in [0.29, 0.717) is 71.8 Å². The maximum Gasteiger partial charge on any atom is 0.138 e. The number of hydrogen-bond donors (Lipinski definition) is 1. The normalized spacial score (nSPS) is 54.0. The Labute approximate surface area is 383 Å². The number of carbonyl (C=O) groups is 1. The Morgan fingerprint density at radius 2 is 0.887 bits per heavy atom. The van der Waals surface area contributed by atoms with Crippen molar-refractivity contribution < 1.29 is 9.90 Å². The molecule has 10 aliphatic carbocycles. The van der Waals surface area contributed by atoms with E-state index in [4.69, 9.17) is 0 Å². The predicted octanol–water partition coefficient (Wildman–Crippen LogP) is 16.5. The van der Waals surface area contributed by atoms with E-state index in [-0.39, 0.29) is 16.9 Å². The second kappa shape index (κ2) is 13.9. The van der Waals surface area contributed by atoms with Crippen LogP contribution in [0, 0.1) is 100 Å². The lowest BCUT2D eigenvalue weighted by Crippen LogP contribution is -2.64. The highest BCUT2D eigenvalue weighted by Gasteiger charge is 2.70. The highest BCUT2D eigenvalue weighted by Crippen LogP contribution is 2.77. The van der Waals surface area contributed by atoms with Gasteiger partial charge in [0.2, 0.25) is 0 Å². The van der Waals surface area contributed by atoms with Crippen LogP contribution in [0.5, 0.6) is 0 Å². The number of fused-ring (bicyclic) bond motifs is 14. The van der Waals surface area contributed by atoms with Crippen molar-refractivity contribution in [3.63, 3.8) is 0 Å². The fourth-order valence-electron chi connectivity index (χ4n) is 20.8. The zero-order chi connectivity index (χ0) is 45.3. The van der Waals surface area contributed by atoms with Crippen molar-refractivity contribution >= 4 is 5.78 Å². The van der Waals surface area contributed by atoms with Crippen molar-refractivity contribution in [1.82, 2.24) is 0 Å². The SMILES string of the molecule is CC1(C)CC[C@]2(C)CC[C@@]3(C)C(=CCC4[C@@]5(C)CCC(=O)C(C)(C)C5CC[C@]43C)[C@@H]2C1.CC1(C)CC[C@]2(C)CC[C@@]3(C)C(=CCC4[C@@]5(C)CC[C@H](O)C(C)(C)C5CC[C@]43C)[C@@H]2C1. The third-order valence-corrected chi connectivity index (χ3v) is 25.8. The molecule has 0 spiro atoms. The molecule has 4 unspecified atom stereocenters. The van der Waals surface area contributed by atoms with Crippen molar-refractivity contribution in [3.05, 3.63) is 23.3 Å². The van der Waals surface area contributed by atoms with Gasteiger partial charge in [-0.15, -0.1) is 0 Å². The summed E-state index contributed by atoms with van der Waals surface area (Å²) in [5.74, 6) is 4.80. The first-order valence-electron chi connectivity index (χ1n) is 27.0. The number of hydrogen-bond acceptors (Lipinski definition) is 2. The second-order valence-electron chi connectivity index (χ2n) is 30.3. The van der Waals surface area contributed by atoms with E-state index in [0.717, 1.165) is 42.9 Å². The van der Waals surface area contributed by atoms with Crippen molar-refractivity contribution in [3.8, 4) is 0 Å². The van der Waals surface area contributed by atoms with Gasteiger partial charge in [0.05, 0.1) is 6.10 Å². The summed E-state index contributed by atoms with van der Waals surface area (Å²) in [4.78, 5) is 12.9. The minimum atomic E-state index is -0.141. The molecule has 0 amide bonds. The molecule has 1 N–H and O–H groups in total. The van der Waals surface area contributed by atoms with Gasteiger partial charge in [-0.25, -0.2) is 0 Å². The number of carbonyl (C=O) groups excluding carboxylic acids is 1. The van der Waals surface area contributed by atoms with Crippen molar-refractivity contribution in [2.45, 2.75) is 245 Å². The molecule has 0 heterocycles. The van der Waals surface area contributed by atoms with Crippen LogP contribution < -0.4 is 0 Å². The van der Waals surface area contributed by atoms with E-state index in [9.17, 15) is 9.90 Å². The average Bonchev–Trinajstić information content (AvgIpc) is 3.17. The molecular weight excluding hydrogens is 753 g/mol. The summed E-state index contributed by atoms with van der Waals surface area (Å²) in [5.41, 5.74) is 7.84. The second-order valence-corrected chi connectivity index (χ2v) is 30.3. The first-order valence-corrected chi connectivity index (χ1v) is 27.0. The quantitative estimate of drug-likeness (QED) is 0.247. The summed E-state index contributed by atoms with van der Waals surface area (Å²) in [6, 6.07) is 0. The molecule has 10 aliphatic rings. The van der Waals surface area contributed by atoms with Gasteiger partial charge in [-0.3, -0.25) is 4.79 Å². The summed E-state index contributed by atoms with van der Waals surface area (Å²) in [6.07, 6.45) is 31.4. The molecule has 350 valence electrons. The van der Waals surface area contributed by atoms with Gasteiger partial charge in [-0.2, -0.15) is 0 Å². The minimum absolute atomic E-state index is 0.0533. The Bertz CT molecular complexity index is 1890. The lowest BCUT2D eigenvalue weighted by Gasteiger charge is -2.71. The molecule has 15 atom stereocenters. The maximum absolute atomic E-state index is 12.9. The topological polar surface area (TPSA) is 37.3 Å². The molecule has 0 aromatic rings. The molecule has 0 aromatic heterocycles. The van der Waals surface area contributed by atoms with Crippen molar-refractivity contribution in [1.29, 1.82) is 0 Å². The highest BCUT2D eigenvalue weighted by molar-refractivity contribution is 5.85. The zero-order valence-electron chi connectivity index (χ0n) is 43.7. The van der Waals surface area contributed by atoms with Gasteiger partial charge in [-0.05, 0) is 217 Å². The van der Waals surface area contributed by atoms with Crippen LogP contribution in [-0.4, -0.2) is 17.0 Å². The van der Waals surface area contributed by atoms with Gasteiger partial charge in [0.25, 0.3) is 0 Å². The predicted molar refractivity (Wildman–Crippen MR) is 260 cm³/mol. The third kappa shape index (κ3) is 6.09. The van der Waals surface area contributed by atoms with Gasteiger partial charge in [-0.1, -0.05) is 134 Å². The van der Waals surface area contributed by atoms with Crippen LogP contribution in [0.3, 0.4) is 0 Å². The fraction of sp³-hybridized carbons (Fsp3) is 0.917. The van der Waals surface area contributed by atoms with E-state index in [1.807, 2.05) is 11.1 Å². The van der Waals surface area contributed by atoms with Crippen molar-refractivity contribution in [2.75, 3.05) is 0 Å². The molecule has 62 heavy (non-hydrogen) atoms. The minimum Gasteiger partial charge on any atom is -0.393 e. The summed E-state index contributed by atoms with van der Waals surface area (Å²) in [5, 5.41) is 10.9. The smallest absolute Gasteiger partial charge is 0.138 e. The first-order chi connectivity index (χ1) is 28.4. The molecule has 8 fully saturated rings. The largest absolute Gasteiger partial charge is 0.393 e. The van der Waals surface area contributed by atoms with Crippen LogP contribution in [0.25, 0.3) is 0 Å². The monoisotopic (exact) mass is 851 g/mol. The van der Waals surface area contributed by atoms with E-state index in [2.05, 4.69) is 123 Å². The molecule has 2 heteroatoms. The Kier molecular flexibility index (Phi) is 10.3. The third-order valence-electron chi connectivity index (χ3n) is 25.8. The van der Waals surface area contributed by atoms with Gasteiger partial charge in [0, 0.05) is 11.8 Å². The zero-order valence-corrected chi connectivity index (χ0v) is 43.7. The Balaban J connectivity index is 0.000000158. The van der Waals surface area contributed by atoms with E-state index in [1.165, 1.54) is 109 Å². The van der Waals surface area contributed by atoms with Crippen LogP contribution in [0.15, 0.2) is 23.3 Å². The van der Waals surface area contributed by atoms with Crippen molar-refractivity contribution in [2.24, 2.45) is 100 Å². The van der Waals surface area contributed by atoms with E-state index in [1.54, 1.807) is 0 Å². The molecule has 0 saturated heterocycles. The standard InChI is InChI=1S/C30H50O.C30H48O/c2*1-25(2)15-16-27(5)17-18-29(7)20(21(27)19-25)9-10-23-28(6)13-12-24(31)26(3,4)22(28)11-14-30(23,29)8/h9,21-24,31H,10-19H2,1-8H3;9,21-23H,10-19H2,1-8H3/t21-,22?,23?,24-,27+,28-,29-,30+;21-,22?,23?,27+,28-,29-,30+/m00/s1. The van der Waals surface area contributed by atoms with Gasteiger partial charge < -0.3 is 5.11 Å². The average molecular weight is 851 g/mol. The summed E-state index contributed by atoms with van der Waals surface area (Å²) < 4.78 is 0. The van der Waals surface area contributed by atoms with Crippen LogP contribution >= 0.6 is 0 Å². The molecule has 8 saturated carbocycles. The fourth-order valence-corrected chi connectivity index (χ4v) is 20.8. The number of Topliss-reactive ketones (excluding diaryl/α,β-unsaturated/α-hetero) is 1. The number of allylic oxidation sites excluding steroid dienone is 4. The van der Waals surface area contributed by atoms with Crippen LogP contribution in [0.1, 0.15) is 239 Å². The summed E-state index contributed by atoms with van der Waals surface area (Å²) in [6.45, 7) is 40.6. The lowest BCUT2D eigenvalue weighted by atomic mass is 9.33. The van der Waals surface area contributed by atoms with Crippen LogP contribution in [0.2, 0.25) is 0 Å². The summed E-state index contributed by atoms with van der Waals surface area (Å²) in [7, 11) is 0. The van der Waals surface area contributed by atoms with Crippen LogP contribution in [0.4, 0.5) is 0 Å². The molecular formula is C60H98O2. The number of aliphatic hydroxyl groups is 1. The summed E-state index contributed by atoms with van der Waals surface area (Å²) >= 11 is 0.